The zero-order valence-corrected chi connectivity index (χ0v) is 12.3. The highest BCUT2D eigenvalue weighted by atomic mass is 35.5. The fraction of sp³-hybridized carbons (Fsp3) is 0.0625. The zero-order chi connectivity index (χ0) is 13.8. The Bertz CT molecular complexity index is 694. The largest absolute Gasteiger partial charge is 0.377 e. The van der Waals surface area contributed by atoms with E-state index in [1.807, 2.05) is 42.5 Å². The van der Waals surface area contributed by atoms with E-state index >= 15 is 0 Å². The molecular weight excluding hydrogens is 288 g/mol. The molecule has 2 aromatic carbocycles. The Morgan fingerprint density at radius 1 is 1.00 bits per heavy atom. The summed E-state index contributed by atoms with van der Waals surface area (Å²) in [5, 5.41) is 7.17. The van der Waals surface area contributed by atoms with Gasteiger partial charge in [0, 0.05) is 10.9 Å². The normalized spacial score (nSPS) is 10.4. The molecule has 0 amide bonds. The first kappa shape index (κ1) is 13.2. The van der Waals surface area contributed by atoms with Crippen LogP contribution in [0, 0.1) is 0 Å². The molecule has 0 aliphatic carbocycles. The highest BCUT2D eigenvalue weighted by molar-refractivity contribution is 7.09. The zero-order valence-electron chi connectivity index (χ0n) is 10.7. The van der Waals surface area contributed by atoms with Crippen LogP contribution in [0.15, 0.2) is 60.0 Å². The Balaban J connectivity index is 1.71. The molecule has 0 aliphatic heterocycles. The van der Waals surface area contributed by atoms with Crippen LogP contribution in [-0.4, -0.2) is 4.98 Å². The van der Waals surface area contributed by atoms with Gasteiger partial charge in [0.1, 0.15) is 5.01 Å². The van der Waals surface area contributed by atoms with E-state index < -0.39 is 0 Å². The van der Waals surface area contributed by atoms with E-state index in [9.17, 15) is 0 Å². The molecule has 3 rings (SSSR count). The van der Waals surface area contributed by atoms with Crippen molar-refractivity contribution in [3.63, 3.8) is 0 Å². The molecule has 1 heterocycles. The topological polar surface area (TPSA) is 24.9 Å². The third kappa shape index (κ3) is 3.00. The van der Waals surface area contributed by atoms with Crippen LogP contribution >= 0.6 is 22.9 Å². The lowest BCUT2D eigenvalue weighted by Gasteiger charge is -2.05. The van der Waals surface area contributed by atoms with Gasteiger partial charge in [-0.05, 0) is 12.1 Å². The molecule has 0 bridgehead atoms. The standard InChI is InChI=1S/C16H13ClN2S/c17-13-8-4-5-9-14(13)18-10-16-19-15(11-20-16)12-6-2-1-3-7-12/h1-9,11,18H,10H2. The minimum absolute atomic E-state index is 0.682. The molecule has 0 unspecified atom stereocenters. The highest BCUT2D eigenvalue weighted by Gasteiger charge is 2.05. The molecule has 0 saturated carbocycles. The van der Waals surface area contributed by atoms with Crippen molar-refractivity contribution in [2.75, 3.05) is 5.32 Å². The van der Waals surface area contributed by atoms with E-state index in [-0.39, 0.29) is 0 Å². The number of hydrogen-bond acceptors (Lipinski definition) is 3. The summed E-state index contributed by atoms with van der Waals surface area (Å²) in [6.07, 6.45) is 0. The van der Waals surface area contributed by atoms with Crippen LogP contribution in [0.3, 0.4) is 0 Å². The number of nitrogens with zero attached hydrogens (tertiary/aromatic N) is 1. The summed E-state index contributed by atoms with van der Waals surface area (Å²) < 4.78 is 0. The molecule has 0 atom stereocenters. The lowest BCUT2D eigenvalue weighted by atomic mass is 10.2. The van der Waals surface area contributed by atoms with E-state index in [2.05, 4.69) is 27.8 Å². The first-order chi connectivity index (χ1) is 9.83. The number of rotatable bonds is 4. The molecule has 0 fully saturated rings. The average Bonchev–Trinajstić information content (AvgIpc) is 2.96. The summed E-state index contributed by atoms with van der Waals surface area (Å²) in [5.41, 5.74) is 3.10. The van der Waals surface area contributed by atoms with Crippen molar-refractivity contribution in [2.45, 2.75) is 6.54 Å². The molecule has 20 heavy (non-hydrogen) atoms. The molecule has 0 spiro atoms. The fourth-order valence-electron chi connectivity index (χ4n) is 1.91. The third-order valence-corrected chi connectivity index (χ3v) is 4.10. The monoisotopic (exact) mass is 300 g/mol. The molecule has 0 radical (unpaired) electrons. The van der Waals surface area contributed by atoms with Gasteiger partial charge in [0.15, 0.2) is 0 Å². The molecule has 1 aromatic heterocycles. The van der Waals surface area contributed by atoms with Crippen molar-refractivity contribution in [3.8, 4) is 11.3 Å². The quantitative estimate of drug-likeness (QED) is 0.727. The molecule has 1 N–H and O–H groups in total. The molecule has 0 aliphatic rings. The summed E-state index contributed by atoms with van der Waals surface area (Å²) in [6.45, 7) is 0.682. The van der Waals surface area contributed by atoms with Crippen LogP contribution in [0.1, 0.15) is 5.01 Å². The van der Waals surface area contributed by atoms with Gasteiger partial charge in [-0.2, -0.15) is 0 Å². The van der Waals surface area contributed by atoms with Gasteiger partial charge in [0.05, 0.1) is 22.9 Å². The molecule has 4 heteroatoms. The van der Waals surface area contributed by atoms with Crippen molar-refractivity contribution < 1.29 is 0 Å². The van der Waals surface area contributed by atoms with Crippen molar-refractivity contribution in [3.05, 3.63) is 70.0 Å². The lowest BCUT2D eigenvalue weighted by Crippen LogP contribution is -1.99. The van der Waals surface area contributed by atoms with Gasteiger partial charge in [0.25, 0.3) is 0 Å². The minimum atomic E-state index is 0.682. The van der Waals surface area contributed by atoms with Crippen LogP contribution in [0.2, 0.25) is 5.02 Å². The average molecular weight is 301 g/mol. The van der Waals surface area contributed by atoms with Gasteiger partial charge in [0.2, 0.25) is 0 Å². The van der Waals surface area contributed by atoms with E-state index in [0.29, 0.717) is 6.54 Å². The van der Waals surface area contributed by atoms with Gasteiger partial charge in [-0.15, -0.1) is 11.3 Å². The number of para-hydroxylation sites is 1. The van der Waals surface area contributed by atoms with Crippen molar-refractivity contribution in [2.24, 2.45) is 0 Å². The summed E-state index contributed by atoms with van der Waals surface area (Å²) >= 11 is 7.76. The Hall–Kier alpha value is -1.84. The first-order valence-electron chi connectivity index (χ1n) is 6.31. The van der Waals surface area contributed by atoms with Crippen LogP contribution in [-0.2, 0) is 6.54 Å². The maximum Gasteiger partial charge on any atom is 0.112 e. The molecule has 2 nitrogen and oxygen atoms in total. The van der Waals surface area contributed by atoms with Crippen molar-refractivity contribution in [1.29, 1.82) is 0 Å². The summed E-state index contributed by atoms with van der Waals surface area (Å²) in [5.74, 6) is 0. The maximum atomic E-state index is 6.11. The van der Waals surface area contributed by atoms with Crippen LogP contribution < -0.4 is 5.32 Å². The highest BCUT2D eigenvalue weighted by Crippen LogP contribution is 2.24. The number of benzene rings is 2. The Morgan fingerprint density at radius 2 is 1.75 bits per heavy atom. The summed E-state index contributed by atoms with van der Waals surface area (Å²) in [4.78, 5) is 4.64. The van der Waals surface area contributed by atoms with E-state index in [4.69, 9.17) is 11.6 Å². The summed E-state index contributed by atoms with van der Waals surface area (Å²) in [7, 11) is 0. The Kier molecular flexibility index (Phi) is 4.00. The fourth-order valence-corrected chi connectivity index (χ4v) is 2.85. The second kappa shape index (κ2) is 6.07. The number of thiazole rings is 1. The molecule has 0 saturated heterocycles. The van der Waals surface area contributed by atoms with E-state index in [0.717, 1.165) is 27.0 Å². The Morgan fingerprint density at radius 3 is 2.55 bits per heavy atom. The third-order valence-electron chi connectivity index (χ3n) is 2.93. The van der Waals surface area contributed by atoms with Crippen molar-refractivity contribution in [1.82, 2.24) is 4.98 Å². The number of nitrogens with one attached hydrogen (secondary N) is 1. The van der Waals surface area contributed by atoms with Gasteiger partial charge in [-0.1, -0.05) is 54.1 Å². The predicted molar refractivity (Wildman–Crippen MR) is 86.3 cm³/mol. The van der Waals surface area contributed by atoms with Gasteiger partial charge >= 0.3 is 0 Å². The van der Waals surface area contributed by atoms with Crippen molar-refractivity contribution >= 4 is 28.6 Å². The maximum absolute atomic E-state index is 6.11. The predicted octanol–water partition coefficient (Wildman–Crippen LogP) is 5.08. The number of hydrogen-bond donors (Lipinski definition) is 1. The number of anilines is 1. The van der Waals surface area contributed by atoms with E-state index in [1.54, 1.807) is 11.3 Å². The van der Waals surface area contributed by atoms with Gasteiger partial charge in [-0.25, -0.2) is 4.98 Å². The smallest absolute Gasteiger partial charge is 0.112 e. The van der Waals surface area contributed by atoms with Gasteiger partial charge < -0.3 is 5.32 Å². The SMILES string of the molecule is Clc1ccccc1NCc1nc(-c2ccccc2)cs1. The van der Waals surface area contributed by atoms with E-state index in [1.165, 1.54) is 0 Å². The lowest BCUT2D eigenvalue weighted by molar-refractivity contribution is 1.11. The second-order valence-corrected chi connectivity index (χ2v) is 5.68. The molecule has 100 valence electrons. The molecular formula is C16H13ClN2S. The summed E-state index contributed by atoms with van der Waals surface area (Å²) in [6, 6.07) is 17.9. The number of aromatic nitrogens is 1. The Labute approximate surface area is 127 Å². The van der Waals surface area contributed by atoms with Gasteiger partial charge in [-0.3, -0.25) is 0 Å². The van der Waals surface area contributed by atoms with Crippen LogP contribution in [0.25, 0.3) is 11.3 Å². The van der Waals surface area contributed by atoms with Crippen LogP contribution in [0.5, 0.6) is 0 Å². The minimum Gasteiger partial charge on any atom is -0.377 e. The number of halogens is 1. The second-order valence-electron chi connectivity index (χ2n) is 4.33. The first-order valence-corrected chi connectivity index (χ1v) is 7.57. The molecule has 3 aromatic rings. The van der Waals surface area contributed by atoms with Crippen LogP contribution in [0.4, 0.5) is 5.69 Å².